The third-order valence-corrected chi connectivity index (χ3v) is 11.4. The Bertz CT molecular complexity index is 3400. The highest BCUT2D eigenvalue weighted by molar-refractivity contribution is 6.22. The molecule has 0 N–H and O–H groups in total. The molecule has 0 fully saturated rings. The molecule has 11 rings (SSSR count). The van der Waals surface area contributed by atoms with Crippen LogP contribution in [0.3, 0.4) is 0 Å². The zero-order valence-corrected chi connectivity index (χ0v) is 30.9. The van der Waals surface area contributed by atoms with E-state index in [0.29, 0.717) is 5.56 Å². The zero-order valence-electron chi connectivity index (χ0n) is 30.9. The molecule has 3 nitrogen and oxygen atoms in total. The van der Waals surface area contributed by atoms with Crippen molar-refractivity contribution in [3.05, 3.63) is 206 Å². The Labute approximate surface area is 330 Å². The normalized spacial score (nSPS) is 11.5. The first kappa shape index (κ1) is 32.6. The Morgan fingerprint density at radius 3 is 1.58 bits per heavy atom. The molecule has 264 valence electrons. The van der Waals surface area contributed by atoms with Crippen LogP contribution in [0.5, 0.6) is 0 Å². The van der Waals surface area contributed by atoms with Gasteiger partial charge in [-0.2, -0.15) is 5.26 Å². The highest BCUT2D eigenvalue weighted by atomic mass is 15.1. The Hall–Kier alpha value is -7.80. The van der Waals surface area contributed by atoms with Gasteiger partial charge in [-0.1, -0.05) is 152 Å². The van der Waals surface area contributed by atoms with E-state index in [-0.39, 0.29) is 0 Å². The summed E-state index contributed by atoms with van der Waals surface area (Å²) in [5, 5.41) is 19.5. The monoisotopic (exact) mass is 723 g/mol. The fourth-order valence-corrected chi connectivity index (χ4v) is 8.66. The highest BCUT2D eigenvalue weighted by Gasteiger charge is 2.19. The van der Waals surface area contributed by atoms with Gasteiger partial charge in [-0.05, 0) is 125 Å². The second kappa shape index (κ2) is 13.2. The fraction of sp³-hybridized carbons (Fsp3) is 0. The van der Waals surface area contributed by atoms with Gasteiger partial charge in [0.25, 0.3) is 0 Å². The van der Waals surface area contributed by atoms with Gasteiger partial charge in [-0.3, -0.25) is 4.57 Å². The Balaban J connectivity index is 1.12. The average molecular weight is 724 g/mol. The summed E-state index contributed by atoms with van der Waals surface area (Å²) in [6.45, 7) is 0. The van der Waals surface area contributed by atoms with E-state index in [1.54, 1.807) is 0 Å². The SMILES string of the molecule is N#Cc1ccc2c(c1)nc(-c1ccccc1)n2-c1ccc(-c2ccc3c(-c4ccc5ccccc5c4)c4ccccc4c(-c4ccc5ccccc5c4)c3c2)cc1. The Kier molecular flexibility index (Phi) is 7.55. The fourth-order valence-electron chi connectivity index (χ4n) is 8.66. The lowest BCUT2D eigenvalue weighted by atomic mass is 9.84. The van der Waals surface area contributed by atoms with Crippen molar-refractivity contribution in [2.45, 2.75) is 0 Å². The van der Waals surface area contributed by atoms with Crippen LogP contribution in [0.15, 0.2) is 200 Å². The summed E-state index contributed by atoms with van der Waals surface area (Å²) in [6.07, 6.45) is 0. The summed E-state index contributed by atoms with van der Waals surface area (Å²) in [7, 11) is 0. The molecule has 0 unspecified atom stereocenters. The van der Waals surface area contributed by atoms with Crippen LogP contribution in [0.4, 0.5) is 0 Å². The molecular formula is C54H33N3. The lowest BCUT2D eigenvalue weighted by Gasteiger charge is -2.19. The van der Waals surface area contributed by atoms with Crippen LogP contribution < -0.4 is 0 Å². The molecule has 0 aliphatic carbocycles. The molecule has 1 aromatic heterocycles. The smallest absolute Gasteiger partial charge is 0.145 e. The van der Waals surface area contributed by atoms with Crippen LogP contribution in [0.2, 0.25) is 0 Å². The van der Waals surface area contributed by atoms with E-state index < -0.39 is 0 Å². The van der Waals surface area contributed by atoms with Gasteiger partial charge in [-0.15, -0.1) is 0 Å². The summed E-state index contributed by atoms with van der Waals surface area (Å²) in [4.78, 5) is 5.03. The summed E-state index contributed by atoms with van der Waals surface area (Å²) in [6, 6.07) is 73.8. The quantitative estimate of drug-likeness (QED) is 0.166. The van der Waals surface area contributed by atoms with Crippen molar-refractivity contribution < 1.29 is 0 Å². The second-order valence-corrected chi connectivity index (χ2v) is 14.7. The minimum atomic E-state index is 0.595. The third-order valence-electron chi connectivity index (χ3n) is 11.4. The van der Waals surface area contributed by atoms with Crippen LogP contribution in [0.25, 0.3) is 105 Å². The molecule has 0 aliphatic heterocycles. The molecule has 0 amide bonds. The first-order valence-electron chi connectivity index (χ1n) is 19.3. The number of aromatic nitrogens is 2. The molecule has 11 aromatic rings. The number of nitriles is 1. The number of fused-ring (bicyclic) bond motifs is 5. The van der Waals surface area contributed by atoms with Gasteiger partial charge in [0.05, 0.1) is 22.7 Å². The number of nitrogens with zero attached hydrogens (tertiary/aromatic N) is 3. The molecule has 1 heterocycles. The van der Waals surface area contributed by atoms with Crippen molar-refractivity contribution in [3.8, 4) is 56.5 Å². The molecule has 10 aromatic carbocycles. The van der Waals surface area contributed by atoms with E-state index >= 15 is 0 Å². The van der Waals surface area contributed by atoms with Crippen molar-refractivity contribution in [2.75, 3.05) is 0 Å². The summed E-state index contributed by atoms with van der Waals surface area (Å²) < 4.78 is 2.19. The van der Waals surface area contributed by atoms with E-state index in [9.17, 15) is 5.26 Å². The maximum atomic E-state index is 9.61. The van der Waals surface area contributed by atoms with Crippen LogP contribution in [0, 0.1) is 11.3 Å². The van der Waals surface area contributed by atoms with E-state index in [1.165, 1.54) is 65.3 Å². The van der Waals surface area contributed by atoms with Crippen molar-refractivity contribution in [2.24, 2.45) is 0 Å². The van der Waals surface area contributed by atoms with Crippen molar-refractivity contribution in [3.63, 3.8) is 0 Å². The average Bonchev–Trinajstić information content (AvgIpc) is 3.67. The van der Waals surface area contributed by atoms with Crippen molar-refractivity contribution in [1.29, 1.82) is 5.26 Å². The first-order chi connectivity index (χ1) is 28.2. The molecule has 0 saturated heterocycles. The predicted molar refractivity (Wildman–Crippen MR) is 238 cm³/mol. The second-order valence-electron chi connectivity index (χ2n) is 14.7. The van der Waals surface area contributed by atoms with Gasteiger partial charge in [0, 0.05) is 11.3 Å². The van der Waals surface area contributed by atoms with E-state index in [0.717, 1.165) is 39.2 Å². The van der Waals surface area contributed by atoms with E-state index in [1.807, 2.05) is 36.4 Å². The molecule has 0 saturated carbocycles. The Morgan fingerprint density at radius 2 is 0.930 bits per heavy atom. The highest BCUT2D eigenvalue weighted by Crippen LogP contribution is 2.46. The van der Waals surface area contributed by atoms with Gasteiger partial charge in [0.1, 0.15) is 5.82 Å². The number of benzene rings is 10. The standard InChI is InChI=1S/C54H33N3/c55-34-35-18-29-51-50(30-35)56-54(39-12-2-1-3-13-39)57(51)45-26-23-38(24-27-45)42-25-28-48-49(33-42)53(44-22-20-37-11-5-7-15-41(37)32-44)47-17-9-8-16-46(47)52(48)43-21-19-36-10-4-6-14-40(36)31-43/h1-33H. The largest absolute Gasteiger partial charge is 0.292 e. The molecular weight excluding hydrogens is 691 g/mol. The van der Waals surface area contributed by atoms with Crippen LogP contribution >= 0.6 is 0 Å². The zero-order chi connectivity index (χ0) is 37.9. The number of hydrogen-bond donors (Lipinski definition) is 0. The molecule has 0 spiro atoms. The minimum absolute atomic E-state index is 0.595. The van der Waals surface area contributed by atoms with Crippen LogP contribution in [0.1, 0.15) is 5.56 Å². The van der Waals surface area contributed by atoms with E-state index in [2.05, 4.69) is 174 Å². The number of imidazole rings is 1. The molecule has 3 heteroatoms. The molecule has 0 atom stereocenters. The maximum absolute atomic E-state index is 9.61. The van der Waals surface area contributed by atoms with E-state index in [4.69, 9.17) is 4.98 Å². The molecule has 57 heavy (non-hydrogen) atoms. The lowest BCUT2D eigenvalue weighted by Crippen LogP contribution is -1.97. The van der Waals surface area contributed by atoms with Gasteiger partial charge < -0.3 is 0 Å². The molecule has 0 radical (unpaired) electrons. The number of rotatable bonds is 5. The van der Waals surface area contributed by atoms with Crippen molar-refractivity contribution >= 4 is 54.1 Å². The van der Waals surface area contributed by atoms with Gasteiger partial charge in [0.2, 0.25) is 0 Å². The van der Waals surface area contributed by atoms with Crippen LogP contribution in [-0.2, 0) is 0 Å². The summed E-state index contributed by atoms with van der Waals surface area (Å²) in [5.41, 5.74) is 11.5. The predicted octanol–water partition coefficient (Wildman–Crippen LogP) is 14.2. The molecule has 0 aliphatic rings. The lowest BCUT2D eigenvalue weighted by molar-refractivity contribution is 1.10. The summed E-state index contributed by atoms with van der Waals surface area (Å²) >= 11 is 0. The van der Waals surface area contributed by atoms with Gasteiger partial charge in [0.15, 0.2) is 0 Å². The van der Waals surface area contributed by atoms with Crippen molar-refractivity contribution in [1.82, 2.24) is 9.55 Å². The van der Waals surface area contributed by atoms with Gasteiger partial charge in [-0.25, -0.2) is 4.98 Å². The van der Waals surface area contributed by atoms with Crippen LogP contribution in [-0.4, -0.2) is 9.55 Å². The third kappa shape index (κ3) is 5.47. The Morgan fingerprint density at radius 1 is 0.386 bits per heavy atom. The number of hydrogen-bond acceptors (Lipinski definition) is 2. The maximum Gasteiger partial charge on any atom is 0.145 e. The van der Waals surface area contributed by atoms with Gasteiger partial charge >= 0.3 is 0 Å². The molecule has 0 bridgehead atoms. The summed E-state index contributed by atoms with van der Waals surface area (Å²) in [5.74, 6) is 0.840. The minimum Gasteiger partial charge on any atom is -0.292 e. The topological polar surface area (TPSA) is 41.6 Å². The first-order valence-corrected chi connectivity index (χ1v) is 19.3.